The van der Waals surface area contributed by atoms with E-state index in [1.54, 1.807) is 4.90 Å². The zero-order chi connectivity index (χ0) is 18.4. The largest absolute Gasteiger partial charge is 0.340 e. The molecule has 1 aliphatic heterocycles. The van der Waals surface area contributed by atoms with Crippen molar-refractivity contribution in [3.05, 3.63) is 32.8 Å². The quantitative estimate of drug-likeness (QED) is 0.579. The first-order chi connectivity index (χ1) is 11.7. The Morgan fingerprint density at radius 1 is 1.24 bits per heavy atom. The van der Waals surface area contributed by atoms with Crippen LogP contribution in [0, 0.1) is 23.0 Å². The van der Waals surface area contributed by atoms with Crippen LogP contribution in [0.25, 0.3) is 0 Å². The maximum Gasteiger partial charge on any atom is 0.275 e. The first-order valence-corrected chi connectivity index (χ1v) is 9.77. The minimum absolute atomic E-state index is 0.0373. The lowest BCUT2D eigenvalue weighted by atomic mass is 10.2. The van der Waals surface area contributed by atoms with Crippen molar-refractivity contribution in [2.75, 3.05) is 26.2 Å². The molecule has 0 bridgehead atoms. The number of benzene rings is 1. The molecular formula is C15H18ClN3O5S. The SMILES string of the molecule is Cc1c(Cl)cc(S(=O)(=O)N2CCN(C(=O)C3CC3)CC2)cc1[N+](=O)[O-]. The van der Waals surface area contributed by atoms with Gasteiger partial charge in [-0.05, 0) is 25.8 Å². The van der Waals surface area contributed by atoms with Crippen LogP contribution in [-0.4, -0.2) is 54.6 Å². The molecular weight excluding hydrogens is 370 g/mol. The zero-order valence-electron chi connectivity index (χ0n) is 13.6. The molecule has 8 nitrogen and oxygen atoms in total. The number of amides is 1. The van der Waals surface area contributed by atoms with E-state index in [0.29, 0.717) is 13.1 Å². The summed E-state index contributed by atoms with van der Waals surface area (Å²) in [6, 6.07) is 2.28. The van der Waals surface area contributed by atoms with Gasteiger partial charge < -0.3 is 4.90 Å². The predicted molar refractivity (Wildman–Crippen MR) is 90.9 cm³/mol. The van der Waals surface area contributed by atoms with Gasteiger partial charge in [0.05, 0.1) is 14.8 Å². The van der Waals surface area contributed by atoms with Crippen LogP contribution in [0.1, 0.15) is 18.4 Å². The van der Waals surface area contributed by atoms with E-state index in [2.05, 4.69) is 0 Å². The molecule has 2 fully saturated rings. The van der Waals surface area contributed by atoms with Gasteiger partial charge in [-0.3, -0.25) is 14.9 Å². The Hall–Kier alpha value is -1.71. The number of nitrogens with zero attached hydrogens (tertiary/aromatic N) is 3. The fraction of sp³-hybridized carbons (Fsp3) is 0.533. The topological polar surface area (TPSA) is 101 Å². The van der Waals surface area contributed by atoms with E-state index < -0.39 is 14.9 Å². The summed E-state index contributed by atoms with van der Waals surface area (Å²) in [5.74, 6) is 0.188. The number of hydrogen-bond acceptors (Lipinski definition) is 5. The van der Waals surface area contributed by atoms with E-state index in [9.17, 15) is 23.3 Å². The van der Waals surface area contributed by atoms with Gasteiger partial charge in [-0.2, -0.15) is 4.31 Å². The first-order valence-electron chi connectivity index (χ1n) is 7.95. The Morgan fingerprint density at radius 3 is 2.36 bits per heavy atom. The van der Waals surface area contributed by atoms with Gasteiger partial charge in [0.2, 0.25) is 15.9 Å². The van der Waals surface area contributed by atoms with E-state index in [4.69, 9.17) is 11.6 Å². The maximum absolute atomic E-state index is 12.8. The minimum Gasteiger partial charge on any atom is -0.340 e. The van der Waals surface area contributed by atoms with Gasteiger partial charge in [0.25, 0.3) is 5.69 Å². The van der Waals surface area contributed by atoms with E-state index in [0.717, 1.165) is 18.9 Å². The van der Waals surface area contributed by atoms with Gasteiger partial charge in [0.15, 0.2) is 0 Å². The molecule has 1 heterocycles. The molecule has 1 saturated carbocycles. The van der Waals surface area contributed by atoms with Crippen molar-refractivity contribution in [3.63, 3.8) is 0 Å². The first kappa shape index (κ1) is 18.1. The molecule has 1 aromatic rings. The average Bonchev–Trinajstić information content (AvgIpc) is 3.41. The number of nitro groups is 1. The van der Waals surface area contributed by atoms with Gasteiger partial charge in [0, 0.05) is 43.7 Å². The molecule has 25 heavy (non-hydrogen) atoms. The summed E-state index contributed by atoms with van der Waals surface area (Å²) in [4.78, 5) is 24.0. The molecule has 1 amide bonds. The molecule has 0 atom stereocenters. The van der Waals surface area contributed by atoms with E-state index in [1.807, 2.05) is 0 Å². The fourth-order valence-corrected chi connectivity index (χ4v) is 4.61. The van der Waals surface area contributed by atoms with Crippen LogP contribution >= 0.6 is 11.6 Å². The lowest BCUT2D eigenvalue weighted by Crippen LogP contribution is -2.50. The van der Waals surface area contributed by atoms with Crippen molar-refractivity contribution >= 4 is 33.2 Å². The van der Waals surface area contributed by atoms with Crippen LogP contribution in [0.4, 0.5) is 5.69 Å². The highest BCUT2D eigenvalue weighted by atomic mass is 35.5. The highest BCUT2D eigenvalue weighted by molar-refractivity contribution is 7.89. The molecule has 0 radical (unpaired) electrons. The van der Waals surface area contributed by atoms with Crippen LogP contribution in [0.3, 0.4) is 0 Å². The van der Waals surface area contributed by atoms with Crippen LogP contribution in [0.15, 0.2) is 17.0 Å². The Labute approximate surface area is 150 Å². The number of carbonyl (C=O) groups excluding carboxylic acids is 1. The summed E-state index contributed by atoms with van der Waals surface area (Å²) in [5.41, 5.74) is -0.0981. The minimum atomic E-state index is -3.90. The molecule has 0 spiro atoms. The second kappa shape index (κ2) is 6.54. The smallest absolute Gasteiger partial charge is 0.275 e. The van der Waals surface area contributed by atoms with Crippen molar-refractivity contribution in [1.82, 2.24) is 9.21 Å². The Morgan fingerprint density at radius 2 is 1.84 bits per heavy atom. The number of hydrogen-bond donors (Lipinski definition) is 0. The van der Waals surface area contributed by atoms with Crippen LogP contribution in [0.2, 0.25) is 5.02 Å². The van der Waals surface area contributed by atoms with E-state index in [-0.39, 0.29) is 46.1 Å². The molecule has 0 N–H and O–H groups in total. The summed E-state index contributed by atoms with van der Waals surface area (Å²) in [7, 11) is -3.90. The standard InChI is InChI=1S/C15H18ClN3O5S/c1-10-13(16)8-12(9-14(10)19(21)22)25(23,24)18-6-4-17(5-7-18)15(20)11-2-3-11/h8-9,11H,2-7H2,1H3. The van der Waals surface area contributed by atoms with Crippen molar-refractivity contribution in [2.24, 2.45) is 5.92 Å². The number of piperazine rings is 1. The van der Waals surface area contributed by atoms with Crippen molar-refractivity contribution < 1.29 is 18.1 Å². The molecule has 136 valence electrons. The monoisotopic (exact) mass is 387 g/mol. The van der Waals surface area contributed by atoms with Gasteiger partial charge in [-0.25, -0.2) is 8.42 Å². The molecule has 0 unspecified atom stereocenters. The fourth-order valence-electron chi connectivity index (χ4n) is 2.87. The van der Waals surface area contributed by atoms with Crippen LogP contribution < -0.4 is 0 Å². The summed E-state index contributed by atoms with van der Waals surface area (Å²) in [6.07, 6.45) is 1.81. The number of sulfonamides is 1. The van der Waals surface area contributed by atoms with Gasteiger partial charge in [-0.1, -0.05) is 11.6 Å². The summed E-state index contributed by atoms with van der Waals surface area (Å²) < 4.78 is 26.8. The zero-order valence-corrected chi connectivity index (χ0v) is 15.2. The Balaban J connectivity index is 1.80. The van der Waals surface area contributed by atoms with Gasteiger partial charge in [-0.15, -0.1) is 0 Å². The highest BCUT2D eigenvalue weighted by Crippen LogP contribution is 2.33. The molecule has 1 saturated heterocycles. The Kier molecular flexibility index (Phi) is 4.74. The third-order valence-electron chi connectivity index (χ3n) is 4.60. The number of carbonyl (C=O) groups is 1. The second-order valence-electron chi connectivity index (χ2n) is 6.31. The molecule has 1 aliphatic carbocycles. The predicted octanol–water partition coefficient (Wildman–Crippen LogP) is 1.80. The summed E-state index contributed by atoms with van der Waals surface area (Å²) in [6.45, 7) is 2.46. The molecule has 1 aromatic carbocycles. The average molecular weight is 388 g/mol. The van der Waals surface area contributed by atoms with Gasteiger partial charge in [0.1, 0.15) is 0 Å². The normalized spacial score (nSPS) is 19.0. The second-order valence-corrected chi connectivity index (χ2v) is 8.66. The number of rotatable bonds is 4. The molecule has 10 heteroatoms. The van der Waals surface area contributed by atoms with E-state index >= 15 is 0 Å². The highest BCUT2D eigenvalue weighted by Gasteiger charge is 2.37. The summed E-state index contributed by atoms with van der Waals surface area (Å²) >= 11 is 5.97. The van der Waals surface area contributed by atoms with Crippen LogP contribution in [-0.2, 0) is 14.8 Å². The van der Waals surface area contributed by atoms with Crippen molar-refractivity contribution in [1.29, 1.82) is 0 Å². The molecule has 2 aliphatic rings. The molecule has 0 aromatic heterocycles. The third-order valence-corrected chi connectivity index (χ3v) is 6.87. The number of nitro benzene ring substituents is 1. The third kappa shape index (κ3) is 3.49. The Bertz CT molecular complexity index is 830. The van der Waals surface area contributed by atoms with Crippen LogP contribution in [0.5, 0.6) is 0 Å². The van der Waals surface area contributed by atoms with Crippen molar-refractivity contribution in [3.8, 4) is 0 Å². The maximum atomic E-state index is 12.8. The lowest BCUT2D eigenvalue weighted by molar-refractivity contribution is -0.385. The van der Waals surface area contributed by atoms with Gasteiger partial charge >= 0.3 is 0 Å². The molecule has 3 rings (SSSR count). The number of halogens is 1. The van der Waals surface area contributed by atoms with Crippen molar-refractivity contribution in [2.45, 2.75) is 24.7 Å². The summed E-state index contributed by atoms with van der Waals surface area (Å²) in [5, 5.41) is 11.1. The lowest BCUT2D eigenvalue weighted by Gasteiger charge is -2.34. The van der Waals surface area contributed by atoms with E-state index in [1.165, 1.54) is 17.3 Å².